The minimum absolute atomic E-state index is 0.194. The van der Waals surface area contributed by atoms with Crippen LogP contribution < -0.4 is 10.5 Å². The number of rotatable bonds is 5. The summed E-state index contributed by atoms with van der Waals surface area (Å²) in [5.74, 6) is 0.657. The van der Waals surface area contributed by atoms with Crippen LogP contribution in [0.25, 0.3) is 0 Å². The maximum absolute atomic E-state index is 5.46. The molecule has 0 atom stereocenters. The number of ether oxygens (including phenoxy) is 2. The molecule has 0 saturated carbocycles. The van der Waals surface area contributed by atoms with Gasteiger partial charge < -0.3 is 19.6 Å². The van der Waals surface area contributed by atoms with Crippen LogP contribution in [-0.2, 0) is 17.9 Å². The van der Waals surface area contributed by atoms with Crippen LogP contribution >= 0.6 is 0 Å². The van der Waals surface area contributed by atoms with E-state index >= 15 is 0 Å². The SMILES string of the molecule is COCc1cccc(Oc2nc(CN)co2)c1. The number of benzene rings is 1. The van der Waals surface area contributed by atoms with Crippen LogP contribution in [0.4, 0.5) is 0 Å². The molecule has 0 radical (unpaired) electrons. The molecule has 0 amide bonds. The molecule has 5 heteroatoms. The first-order valence-electron chi connectivity index (χ1n) is 5.22. The summed E-state index contributed by atoms with van der Waals surface area (Å²) in [6, 6.07) is 7.54. The quantitative estimate of drug-likeness (QED) is 0.857. The van der Waals surface area contributed by atoms with Crippen molar-refractivity contribution in [3.63, 3.8) is 0 Å². The minimum atomic E-state index is 0.194. The smallest absolute Gasteiger partial charge is 0.399 e. The van der Waals surface area contributed by atoms with E-state index in [1.54, 1.807) is 7.11 Å². The van der Waals surface area contributed by atoms with Gasteiger partial charge >= 0.3 is 6.08 Å². The van der Waals surface area contributed by atoms with E-state index < -0.39 is 0 Å². The van der Waals surface area contributed by atoms with Crippen molar-refractivity contribution in [3.8, 4) is 11.8 Å². The van der Waals surface area contributed by atoms with Gasteiger partial charge in [-0.25, -0.2) is 0 Å². The Morgan fingerprint density at radius 2 is 2.29 bits per heavy atom. The Hall–Kier alpha value is -1.85. The van der Waals surface area contributed by atoms with E-state index in [0.717, 1.165) is 5.56 Å². The molecule has 2 aromatic rings. The van der Waals surface area contributed by atoms with E-state index in [1.807, 2.05) is 24.3 Å². The van der Waals surface area contributed by atoms with Crippen LogP contribution in [0.3, 0.4) is 0 Å². The lowest BCUT2D eigenvalue weighted by Gasteiger charge is -2.03. The number of hydrogen-bond acceptors (Lipinski definition) is 5. The molecule has 0 bridgehead atoms. The molecule has 0 spiro atoms. The zero-order chi connectivity index (χ0) is 12.1. The monoisotopic (exact) mass is 234 g/mol. The molecule has 0 aliphatic carbocycles. The average Bonchev–Trinajstić information content (AvgIpc) is 2.78. The van der Waals surface area contributed by atoms with Gasteiger partial charge in [0.15, 0.2) is 0 Å². The molecule has 90 valence electrons. The van der Waals surface area contributed by atoms with E-state index in [9.17, 15) is 0 Å². The fourth-order valence-electron chi connectivity index (χ4n) is 1.40. The highest BCUT2D eigenvalue weighted by Crippen LogP contribution is 2.21. The molecular weight excluding hydrogens is 220 g/mol. The summed E-state index contributed by atoms with van der Waals surface area (Å²) in [7, 11) is 1.65. The normalized spacial score (nSPS) is 10.5. The highest BCUT2D eigenvalue weighted by molar-refractivity contribution is 5.29. The van der Waals surface area contributed by atoms with Gasteiger partial charge in [0.25, 0.3) is 0 Å². The van der Waals surface area contributed by atoms with Crippen LogP contribution in [0.2, 0.25) is 0 Å². The van der Waals surface area contributed by atoms with E-state index in [4.69, 9.17) is 19.6 Å². The lowest BCUT2D eigenvalue weighted by atomic mass is 10.2. The minimum Gasteiger partial charge on any atom is -0.417 e. The molecule has 2 rings (SSSR count). The third-order valence-electron chi connectivity index (χ3n) is 2.15. The Morgan fingerprint density at radius 1 is 1.41 bits per heavy atom. The first-order valence-corrected chi connectivity index (χ1v) is 5.22. The molecule has 17 heavy (non-hydrogen) atoms. The highest BCUT2D eigenvalue weighted by atomic mass is 16.6. The van der Waals surface area contributed by atoms with Crippen LogP contribution in [0.1, 0.15) is 11.3 Å². The number of oxazole rings is 1. The van der Waals surface area contributed by atoms with E-state index in [-0.39, 0.29) is 6.08 Å². The number of nitrogens with zero attached hydrogens (tertiary/aromatic N) is 1. The summed E-state index contributed by atoms with van der Waals surface area (Å²) < 4.78 is 15.6. The molecule has 1 heterocycles. The maximum Gasteiger partial charge on any atom is 0.399 e. The summed E-state index contributed by atoms with van der Waals surface area (Å²) in [5, 5.41) is 0. The first-order chi connectivity index (χ1) is 8.31. The predicted molar refractivity (Wildman–Crippen MR) is 61.6 cm³/mol. The first kappa shape index (κ1) is 11.6. The van der Waals surface area contributed by atoms with Crippen LogP contribution in [0.5, 0.6) is 11.8 Å². The van der Waals surface area contributed by atoms with Crippen LogP contribution in [0, 0.1) is 0 Å². The summed E-state index contributed by atoms with van der Waals surface area (Å²) >= 11 is 0. The van der Waals surface area contributed by atoms with Gasteiger partial charge in [-0.2, -0.15) is 4.98 Å². The number of nitrogens with two attached hydrogens (primary N) is 1. The Labute approximate surface area is 99.2 Å². The third kappa shape index (κ3) is 3.05. The Bertz CT molecular complexity index is 482. The second-order valence-corrected chi connectivity index (χ2v) is 3.49. The van der Waals surface area contributed by atoms with Gasteiger partial charge in [-0.15, -0.1) is 0 Å². The average molecular weight is 234 g/mol. The molecule has 0 fully saturated rings. The molecule has 0 aliphatic rings. The van der Waals surface area contributed by atoms with Gasteiger partial charge in [-0.3, -0.25) is 0 Å². The van der Waals surface area contributed by atoms with Crippen molar-refractivity contribution in [2.24, 2.45) is 5.73 Å². The molecule has 2 N–H and O–H groups in total. The summed E-state index contributed by atoms with van der Waals surface area (Å²) in [6.45, 7) is 0.868. The Morgan fingerprint density at radius 3 is 3.00 bits per heavy atom. The fraction of sp³-hybridized carbons (Fsp3) is 0.250. The largest absolute Gasteiger partial charge is 0.417 e. The summed E-state index contributed by atoms with van der Waals surface area (Å²) in [6.07, 6.45) is 1.67. The molecule has 0 saturated heterocycles. The standard InChI is InChI=1S/C12H14N2O3/c1-15-7-9-3-2-4-11(5-9)17-12-14-10(6-13)8-16-12/h2-5,8H,6-7,13H2,1H3. The van der Waals surface area contributed by atoms with Crippen molar-refractivity contribution in [2.75, 3.05) is 7.11 Å². The summed E-state index contributed by atoms with van der Waals surface area (Å²) in [4.78, 5) is 4.05. The lowest BCUT2D eigenvalue weighted by molar-refractivity contribution is 0.184. The van der Waals surface area contributed by atoms with Crippen LogP contribution in [0.15, 0.2) is 34.9 Å². The lowest BCUT2D eigenvalue weighted by Crippen LogP contribution is -1.96. The zero-order valence-electron chi connectivity index (χ0n) is 9.55. The predicted octanol–water partition coefficient (Wildman–Crippen LogP) is 2.07. The molecule has 1 aromatic carbocycles. The van der Waals surface area contributed by atoms with Crippen molar-refractivity contribution in [2.45, 2.75) is 13.2 Å². The second-order valence-electron chi connectivity index (χ2n) is 3.49. The van der Waals surface area contributed by atoms with Crippen molar-refractivity contribution in [1.29, 1.82) is 0 Å². The number of hydrogen-bond donors (Lipinski definition) is 1. The molecule has 5 nitrogen and oxygen atoms in total. The van der Waals surface area contributed by atoms with Gasteiger partial charge in [0, 0.05) is 13.7 Å². The highest BCUT2D eigenvalue weighted by Gasteiger charge is 2.05. The maximum atomic E-state index is 5.46. The van der Waals surface area contributed by atoms with Gasteiger partial charge in [0.1, 0.15) is 12.0 Å². The van der Waals surface area contributed by atoms with Crippen molar-refractivity contribution < 1.29 is 13.9 Å². The van der Waals surface area contributed by atoms with Crippen LogP contribution in [-0.4, -0.2) is 12.1 Å². The van der Waals surface area contributed by atoms with Crippen molar-refractivity contribution >= 4 is 0 Å². The Kier molecular flexibility index (Phi) is 3.74. The topological polar surface area (TPSA) is 70.5 Å². The molecule has 1 aromatic heterocycles. The second kappa shape index (κ2) is 5.47. The van der Waals surface area contributed by atoms with E-state index in [0.29, 0.717) is 24.6 Å². The van der Waals surface area contributed by atoms with Gasteiger partial charge in [-0.05, 0) is 17.7 Å². The van der Waals surface area contributed by atoms with Crippen molar-refractivity contribution in [3.05, 3.63) is 41.8 Å². The van der Waals surface area contributed by atoms with E-state index in [1.165, 1.54) is 6.26 Å². The van der Waals surface area contributed by atoms with Gasteiger partial charge in [0.05, 0.1) is 12.3 Å². The zero-order valence-corrected chi connectivity index (χ0v) is 9.55. The molecular formula is C12H14N2O3. The van der Waals surface area contributed by atoms with Gasteiger partial charge in [0.2, 0.25) is 0 Å². The third-order valence-corrected chi connectivity index (χ3v) is 2.15. The molecule has 0 aliphatic heterocycles. The van der Waals surface area contributed by atoms with Gasteiger partial charge in [-0.1, -0.05) is 12.1 Å². The Balaban J connectivity index is 2.09. The fourth-order valence-corrected chi connectivity index (χ4v) is 1.40. The van der Waals surface area contributed by atoms with Crippen molar-refractivity contribution in [1.82, 2.24) is 4.98 Å². The van der Waals surface area contributed by atoms with E-state index in [2.05, 4.69) is 4.98 Å². The number of methoxy groups -OCH3 is 1. The summed E-state index contributed by atoms with van der Waals surface area (Å²) in [5.41, 5.74) is 7.11. The number of aromatic nitrogens is 1. The molecule has 0 unspecified atom stereocenters.